The minimum atomic E-state index is -0.426. The minimum absolute atomic E-state index is 0.109. The van der Waals surface area contributed by atoms with Crippen LogP contribution >= 0.6 is 11.8 Å². The summed E-state index contributed by atoms with van der Waals surface area (Å²) in [5.74, 6) is 0.0901. The molecule has 0 saturated carbocycles. The number of β-amino-alcohol motifs (C(OH)–C–C–N with tert-alkyl or cyclic N) is 1. The summed E-state index contributed by atoms with van der Waals surface area (Å²) in [4.78, 5) is 11.4. The van der Waals surface area contributed by atoms with Crippen LogP contribution in [0.25, 0.3) is 0 Å². The molecule has 0 aromatic carbocycles. The number of carbonyl (C=O) groups is 1. The third-order valence-corrected chi connectivity index (χ3v) is 3.27. The number of hydrogen-bond donors (Lipinski definition) is 2. The van der Waals surface area contributed by atoms with Crippen molar-refractivity contribution < 1.29 is 14.6 Å². The zero-order chi connectivity index (χ0) is 11.5. The molecule has 1 aliphatic heterocycles. The molecule has 2 N–H and O–H groups in total. The maximum Gasteiger partial charge on any atom is 0.316 e. The third-order valence-electron chi connectivity index (χ3n) is 1.96. The Labute approximate surface area is 94.8 Å². The van der Waals surface area contributed by atoms with Crippen molar-refractivity contribution in [1.82, 2.24) is 5.32 Å². The Morgan fingerprint density at radius 2 is 2.20 bits per heavy atom. The molecule has 1 rings (SSSR count). The molecule has 1 fully saturated rings. The molecule has 0 amide bonds. The highest BCUT2D eigenvalue weighted by Crippen LogP contribution is 2.19. The quantitative estimate of drug-likeness (QED) is 0.691. The Hall–Kier alpha value is -0.260. The van der Waals surface area contributed by atoms with Crippen molar-refractivity contribution in [3.63, 3.8) is 0 Å². The first kappa shape index (κ1) is 12.8. The Balaban J connectivity index is 2.22. The summed E-state index contributed by atoms with van der Waals surface area (Å²) >= 11 is 1.45. The maximum atomic E-state index is 11.4. The second-order valence-corrected chi connectivity index (χ2v) is 5.89. The third kappa shape index (κ3) is 4.86. The highest BCUT2D eigenvalue weighted by atomic mass is 32.2. The first-order valence-corrected chi connectivity index (χ1v) is 6.15. The Kier molecular flexibility index (Phi) is 4.43. The van der Waals surface area contributed by atoms with Gasteiger partial charge in [-0.15, -0.1) is 11.8 Å². The number of hydrogen-bond acceptors (Lipinski definition) is 5. The Morgan fingerprint density at radius 1 is 1.53 bits per heavy atom. The van der Waals surface area contributed by atoms with E-state index in [4.69, 9.17) is 4.74 Å². The van der Waals surface area contributed by atoms with E-state index in [-0.39, 0.29) is 17.3 Å². The van der Waals surface area contributed by atoms with Gasteiger partial charge >= 0.3 is 5.97 Å². The number of nitrogens with one attached hydrogen (secondary N) is 1. The summed E-state index contributed by atoms with van der Waals surface area (Å²) in [5.41, 5.74) is -0.426. The molecule has 5 heteroatoms. The van der Waals surface area contributed by atoms with Gasteiger partial charge in [-0.2, -0.15) is 0 Å². The Bertz CT molecular complexity index is 227. The molecule has 0 aromatic rings. The summed E-state index contributed by atoms with van der Waals surface area (Å²) in [5, 5.41) is 12.7. The average Bonchev–Trinajstić information content (AvgIpc) is 2.44. The molecule has 0 radical (unpaired) electrons. The molecule has 2 unspecified atom stereocenters. The molecule has 0 bridgehead atoms. The number of rotatable bonds is 3. The zero-order valence-electron chi connectivity index (χ0n) is 9.45. The van der Waals surface area contributed by atoms with Crippen LogP contribution in [0, 0.1) is 0 Å². The number of aliphatic hydroxyl groups is 1. The first-order valence-electron chi connectivity index (χ1n) is 5.11. The van der Waals surface area contributed by atoms with Crippen LogP contribution in [0.15, 0.2) is 0 Å². The van der Waals surface area contributed by atoms with E-state index < -0.39 is 5.60 Å². The average molecular weight is 233 g/mol. The summed E-state index contributed by atoms with van der Waals surface area (Å²) in [6, 6.07) is 0. The molecule has 0 aromatic heterocycles. The van der Waals surface area contributed by atoms with E-state index in [1.54, 1.807) is 0 Å². The smallest absolute Gasteiger partial charge is 0.316 e. The number of aliphatic hydroxyl groups excluding tert-OH is 1. The SMILES string of the molecule is CC(C)(C)OC(=O)CSC1CNCC1O. The van der Waals surface area contributed by atoms with Gasteiger partial charge in [-0.3, -0.25) is 4.79 Å². The highest BCUT2D eigenvalue weighted by molar-refractivity contribution is 8.00. The van der Waals surface area contributed by atoms with Crippen molar-refractivity contribution in [3.8, 4) is 0 Å². The fraction of sp³-hybridized carbons (Fsp3) is 0.900. The lowest BCUT2D eigenvalue weighted by atomic mass is 10.2. The lowest BCUT2D eigenvalue weighted by Crippen LogP contribution is -2.27. The largest absolute Gasteiger partial charge is 0.459 e. The first-order chi connectivity index (χ1) is 6.88. The van der Waals surface area contributed by atoms with Gasteiger partial charge in [0.25, 0.3) is 0 Å². The fourth-order valence-electron chi connectivity index (χ4n) is 1.36. The molecule has 15 heavy (non-hydrogen) atoms. The van der Waals surface area contributed by atoms with Crippen LogP contribution in [-0.2, 0) is 9.53 Å². The molecule has 1 saturated heterocycles. The van der Waals surface area contributed by atoms with E-state index in [1.165, 1.54) is 11.8 Å². The van der Waals surface area contributed by atoms with Crippen LogP contribution in [0.2, 0.25) is 0 Å². The zero-order valence-corrected chi connectivity index (χ0v) is 10.3. The number of esters is 1. The van der Waals surface area contributed by atoms with Gasteiger partial charge in [-0.1, -0.05) is 0 Å². The molecule has 1 heterocycles. The monoisotopic (exact) mass is 233 g/mol. The lowest BCUT2D eigenvalue weighted by molar-refractivity contribution is -0.151. The standard InChI is InChI=1S/C10H19NO3S/c1-10(2,3)14-9(13)6-15-8-5-11-4-7(8)12/h7-8,11-12H,4-6H2,1-3H3. The Morgan fingerprint density at radius 3 is 2.67 bits per heavy atom. The summed E-state index contributed by atoms with van der Waals surface area (Å²) < 4.78 is 5.17. The van der Waals surface area contributed by atoms with Gasteiger partial charge in [0.15, 0.2) is 0 Å². The fourth-order valence-corrected chi connectivity index (χ4v) is 2.32. The maximum absolute atomic E-state index is 11.4. The van der Waals surface area contributed by atoms with Crippen LogP contribution in [0.5, 0.6) is 0 Å². The van der Waals surface area contributed by atoms with Crippen molar-refractivity contribution in [2.24, 2.45) is 0 Å². The second-order valence-electron chi connectivity index (χ2n) is 4.66. The number of ether oxygens (including phenoxy) is 1. The highest BCUT2D eigenvalue weighted by Gasteiger charge is 2.26. The lowest BCUT2D eigenvalue weighted by Gasteiger charge is -2.20. The summed E-state index contributed by atoms with van der Waals surface area (Å²) in [6.45, 7) is 6.92. The van der Waals surface area contributed by atoms with E-state index in [0.717, 1.165) is 6.54 Å². The minimum Gasteiger partial charge on any atom is -0.459 e. The number of carbonyl (C=O) groups excluding carboxylic acids is 1. The van der Waals surface area contributed by atoms with Crippen LogP contribution in [0.4, 0.5) is 0 Å². The molecule has 4 nitrogen and oxygen atoms in total. The van der Waals surface area contributed by atoms with Gasteiger partial charge in [0, 0.05) is 18.3 Å². The van der Waals surface area contributed by atoms with Gasteiger partial charge in [-0.25, -0.2) is 0 Å². The van der Waals surface area contributed by atoms with E-state index >= 15 is 0 Å². The topological polar surface area (TPSA) is 58.6 Å². The van der Waals surface area contributed by atoms with Gasteiger partial charge in [-0.05, 0) is 20.8 Å². The molecule has 0 aliphatic carbocycles. The van der Waals surface area contributed by atoms with Crippen LogP contribution < -0.4 is 5.32 Å². The normalized spacial score (nSPS) is 26.7. The molecule has 0 spiro atoms. The van der Waals surface area contributed by atoms with E-state index in [9.17, 15) is 9.90 Å². The summed E-state index contributed by atoms with van der Waals surface area (Å²) in [7, 11) is 0. The van der Waals surface area contributed by atoms with Crippen LogP contribution in [0.3, 0.4) is 0 Å². The molecule has 2 atom stereocenters. The van der Waals surface area contributed by atoms with Crippen molar-refractivity contribution in [3.05, 3.63) is 0 Å². The van der Waals surface area contributed by atoms with E-state index in [1.807, 2.05) is 20.8 Å². The molecular weight excluding hydrogens is 214 g/mol. The summed E-state index contributed by atoms with van der Waals surface area (Å²) in [6.07, 6.45) is -0.350. The second kappa shape index (κ2) is 5.18. The predicted molar refractivity (Wildman–Crippen MR) is 61.0 cm³/mol. The van der Waals surface area contributed by atoms with E-state index in [2.05, 4.69) is 5.32 Å². The van der Waals surface area contributed by atoms with Crippen molar-refractivity contribution >= 4 is 17.7 Å². The predicted octanol–water partition coefficient (Wildman–Crippen LogP) is 0.394. The number of thioether (sulfide) groups is 1. The van der Waals surface area contributed by atoms with Crippen molar-refractivity contribution in [1.29, 1.82) is 0 Å². The van der Waals surface area contributed by atoms with Crippen molar-refractivity contribution in [2.75, 3.05) is 18.8 Å². The van der Waals surface area contributed by atoms with Gasteiger partial charge in [0.2, 0.25) is 0 Å². The van der Waals surface area contributed by atoms with E-state index in [0.29, 0.717) is 12.3 Å². The van der Waals surface area contributed by atoms with Crippen molar-refractivity contribution in [2.45, 2.75) is 37.7 Å². The molecule has 1 aliphatic rings. The molecule has 88 valence electrons. The van der Waals surface area contributed by atoms with Gasteiger partial charge < -0.3 is 15.2 Å². The van der Waals surface area contributed by atoms with Gasteiger partial charge in [0.05, 0.1) is 11.9 Å². The van der Waals surface area contributed by atoms with Crippen LogP contribution in [-0.4, -0.2) is 46.9 Å². The van der Waals surface area contributed by atoms with Crippen LogP contribution in [0.1, 0.15) is 20.8 Å². The van der Waals surface area contributed by atoms with Gasteiger partial charge in [0.1, 0.15) is 5.60 Å². The molecular formula is C10H19NO3S.